The third-order valence-electron chi connectivity index (χ3n) is 3.09. The Hall–Kier alpha value is -0.410. The number of nitrogens with two attached hydrogens (primary N) is 1. The summed E-state index contributed by atoms with van der Waals surface area (Å²) in [5, 5.41) is 0. The zero-order valence-electron chi connectivity index (χ0n) is 12.3. The summed E-state index contributed by atoms with van der Waals surface area (Å²) < 4.78 is 14.1. The van der Waals surface area contributed by atoms with Gasteiger partial charge in [0.2, 0.25) is 0 Å². The summed E-state index contributed by atoms with van der Waals surface area (Å²) in [7, 11) is 0. The fourth-order valence-electron chi connectivity index (χ4n) is 2.76. The molecule has 1 rings (SSSR count). The molecule has 1 nitrogen and oxygen atoms in total. The second-order valence-electron chi connectivity index (χ2n) is 6.85. The molecule has 2 atom stereocenters. The molecule has 1 aromatic rings. The lowest BCUT2D eigenvalue weighted by molar-refractivity contribution is 0.285. The molecular weight excluding hydrogens is 305 g/mol. The van der Waals surface area contributed by atoms with E-state index in [2.05, 4.69) is 43.6 Å². The average molecular weight is 330 g/mol. The molecule has 0 amide bonds. The first kappa shape index (κ1) is 16.6. The molecule has 0 fully saturated rings. The van der Waals surface area contributed by atoms with Crippen LogP contribution in [0.25, 0.3) is 0 Å². The van der Waals surface area contributed by atoms with Crippen molar-refractivity contribution in [3.8, 4) is 0 Å². The molecule has 0 aromatic heterocycles. The van der Waals surface area contributed by atoms with E-state index in [9.17, 15) is 4.39 Å². The van der Waals surface area contributed by atoms with Crippen LogP contribution in [0.1, 0.15) is 46.1 Å². The normalized spacial score (nSPS) is 15.3. The first-order valence-corrected chi connectivity index (χ1v) is 7.65. The van der Waals surface area contributed by atoms with Crippen LogP contribution in [-0.2, 0) is 6.42 Å². The number of rotatable bonds is 5. The van der Waals surface area contributed by atoms with Crippen molar-refractivity contribution in [2.75, 3.05) is 0 Å². The number of halogens is 2. The second kappa shape index (κ2) is 6.85. The molecule has 0 heterocycles. The molecule has 0 radical (unpaired) electrons. The van der Waals surface area contributed by atoms with Crippen molar-refractivity contribution in [2.24, 2.45) is 17.1 Å². The molecule has 0 saturated heterocycles. The van der Waals surface area contributed by atoms with Crippen LogP contribution < -0.4 is 5.73 Å². The maximum atomic E-state index is 13.3. The van der Waals surface area contributed by atoms with Crippen molar-refractivity contribution in [3.05, 3.63) is 34.1 Å². The molecule has 0 spiro atoms. The molecule has 1 aromatic carbocycles. The van der Waals surface area contributed by atoms with Crippen molar-refractivity contribution in [1.29, 1.82) is 0 Å². The molecule has 0 aliphatic heterocycles. The van der Waals surface area contributed by atoms with Gasteiger partial charge < -0.3 is 5.73 Å². The summed E-state index contributed by atoms with van der Waals surface area (Å²) >= 11 is 3.31. The Bertz CT molecular complexity index is 391. The summed E-state index contributed by atoms with van der Waals surface area (Å²) in [6, 6.07) is 5.07. The van der Waals surface area contributed by atoms with Crippen molar-refractivity contribution in [1.82, 2.24) is 0 Å². The third-order valence-corrected chi connectivity index (χ3v) is 3.54. The second-order valence-corrected chi connectivity index (χ2v) is 7.76. The van der Waals surface area contributed by atoms with Gasteiger partial charge in [0.15, 0.2) is 0 Å². The third kappa shape index (κ3) is 7.07. The minimum absolute atomic E-state index is 0.0889. The van der Waals surface area contributed by atoms with Crippen LogP contribution in [0, 0.1) is 17.2 Å². The Morgan fingerprint density at radius 3 is 2.42 bits per heavy atom. The molecule has 108 valence electrons. The van der Waals surface area contributed by atoms with Gasteiger partial charge in [0, 0.05) is 10.5 Å². The topological polar surface area (TPSA) is 26.0 Å². The van der Waals surface area contributed by atoms with Crippen LogP contribution in [0.3, 0.4) is 0 Å². The van der Waals surface area contributed by atoms with Gasteiger partial charge in [-0.05, 0) is 54.4 Å². The van der Waals surface area contributed by atoms with Crippen LogP contribution in [-0.4, -0.2) is 6.04 Å². The summed E-state index contributed by atoms with van der Waals surface area (Å²) in [5.41, 5.74) is 7.48. The summed E-state index contributed by atoms with van der Waals surface area (Å²) in [4.78, 5) is 0. The smallest absolute Gasteiger partial charge is 0.124 e. The van der Waals surface area contributed by atoms with E-state index in [1.54, 1.807) is 6.07 Å². The lowest BCUT2D eigenvalue weighted by atomic mass is 9.82. The fraction of sp³-hybridized carbons (Fsp3) is 0.625. The highest BCUT2D eigenvalue weighted by Gasteiger charge is 2.17. The number of hydrogen-bond donors (Lipinski definition) is 1. The van der Waals surface area contributed by atoms with Gasteiger partial charge in [-0.3, -0.25) is 0 Å². The Morgan fingerprint density at radius 2 is 1.89 bits per heavy atom. The molecule has 19 heavy (non-hydrogen) atoms. The zero-order valence-corrected chi connectivity index (χ0v) is 13.9. The lowest BCUT2D eigenvalue weighted by Gasteiger charge is -2.25. The first-order chi connectivity index (χ1) is 8.65. The molecule has 0 saturated carbocycles. The zero-order chi connectivity index (χ0) is 14.6. The van der Waals surface area contributed by atoms with E-state index < -0.39 is 0 Å². The quantitative estimate of drug-likeness (QED) is 0.815. The lowest BCUT2D eigenvalue weighted by Crippen LogP contribution is -2.26. The van der Waals surface area contributed by atoms with Gasteiger partial charge in [0.25, 0.3) is 0 Å². The van der Waals surface area contributed by atoms with Crippen LogP contribution in [0.15, 0.2) is 22.7 Å². The van der Waals surface area contributed by atoms with Crippen LogP contribution in [0.4, 0.5) is 4.39 Å². The van der Waals surface area contributed by atoms with Gasteiger partial charge in [-0.1, -0.05) is 43.6 Å². The van der Waals surface area contributed by atoms with Gasteiger partial charge in [-0.2, -0.15) is 0 Å². The predicted molar refractivity (Wildman–Crippen MR) is 83.6 cm³/mol. The van der Waals surface area contributed by atoms with Crippen molar-refractivity contribution in [3.63, 3.8) is 0 Å². The Morgan fingerprint density at radius 1 is 1.26 bits per heavy atom. The van der Waals surface area contributed by atoms with Crippen LogP contribution >= 0.6 is 15.9 Å². The predicted octanol–water partition coefficient (Wildman–Crippen LogP) is 4.92. The fourth-order valence-corrected chi connectivity index (χ4v) is 3.27. The molecule has 0 aliphatic carbocycles. The number of benzene rings is 1. The van der Waals surface area contributed by atoms with E-state index >= 15 is 0 Å². The maximum Gasteiger partial charge on any atom is 0.124 e. The van der Waals surface area contributed by atoms with Crippen LogP contribution in [0.2, 0.25) is 0 Å². The molecule has 2 N–H and O–H groups in total. The average Bonchev–Trinajstić information content (AvgIpc) is 2.10. The maximum absolute atomic E-state index is 13.3. The SMILES string of the molecule is CC(CC(N)Cc1cc(F)cc(Br)c1)CC(C)(C)C. The molecule has 3 heteroatoms. The van der Waals surface area contributed by atoms with Crippen LogP contribution in [0.5, 0.6) is 0 Å². The van der Waals surface area contributed by atoms with Gasteiger partial charge in [0.05, 0.1) is 0 Å². The van der Waals surface area contributed by atoms with Gasteiger partial charge in [0.1, 0.15) is 5.82 Å². The summed E-state index contributed by atoms with van der Waals surface area (Å²) in [5.74, 6) is 0.381. The monoisotopic (exact) mass is 329 g/mol. The highest BCUT2D eigenvalue weighted by molar-refractivity contribution is 9.10. The molecular formula is C16H25BrFN. The van der Waals surface area contributed by atoms with E-state index in [0.717, 1.165) is 29.3 Å². The number of hydrogen-bond acceptors (Lipinski definition) is 1. The molecule has 0 bridgehead atoms. The molecule has 2 unspecified atom stereocenters. The minimum Gasteiger partial charge on any atom is -0.327 e. The van der Waals surface area contributed by atoms with Gasteiger partial charge >= 0.3 is 0 Å². The first-order valence-electron chi connectivity index (χ1n) is 6.86. The molecule has 0 aliphatic rings. The van der Waals surface area contributed by atoms with E-state index in [1.807, 2.05) is 6.07 Å². The van der Waals surface area contributed by atoms with Gasteiger partial charge in [-0.15, -0.1) is 0 Å². The Labute approximate surface area is 124 Å². The van der Waals surface area contributed by atoms with E-state index in [1.165, 1.54) is 6.07 Å². The summed E-state index contributed by atoms with van der Waals surface area (Å²) in [6.45, 7) is 8.99. The standard InChI is InChI=1S/C16H25BrFN/c1-11(10-16(2,3)4)5-15(19)8-12-6-13(17)9-14(18)7-12/h6-7,9,11,15H,5,8,10,19H2,1-4H3. The van der Waals surface area contributed by atoms with Gasteiger partial charge in [-0.25, -0.2) is 4.39 Å². The van der Waals surface area contributed by atoms with E-state index in [-0.39, 0.29) is 11.9 Å². The van der Waals surface area contributed by atoms with Crippen molar-refractivity contribution >= 4 is 15.9 Å². The summed E-state index contributed by atoms with van der Waals surface area (Å²) in [6.07, 6.45) is 2.86. The van der Waals surface area contributed by atoms with E-state index in [4.69, 9.17) is 5.73 Å². The van der Waals surface area contributed by atoms with Crippen molar-refractivity contribution < 1.29 is 4.39 Å². The van der Waals surface area contributed by atoms with Crippen molar-refractivity contribution in [2.45, 2.75) is 53.0 Å². The Kier molecular flexibility index (Phi) is 6.00. The van der Waals surface area contributed by atoms with E-state index in [0.29, 0.717) is 11.3 Å². The highest BCUT2D eigenvalue weighted by Crippen LogP contribution is 2.27. The Balaban J connectivity index is 2.53. The largest absolute Gasteiger partial charge is 0.327 e. The highest BCUT2D eigenvalue weighted by atomic mass is 79.9. The minimum atomic E-state index is -0.209.